The minimum atomic E-state index is -4.16. The second-order valence-corrected chi connectivity index (χ2v) is 8.18. The highest BCUT2D eigenvalue weighted by Gasteiger charge is 2.23. The van der Waals surface area contributed by atoms with Crippen LogP contribution in [0.1, 0.15) is 12.5 Å². The first kappa shape index (κ1) is 21.2. The fraction of sp³-hybridized carbons (Fsp3) is 0.0526. The summed E-state index contributed by atoms with van der Waals surface area (Å²) in [5, 5.41) is 15.8. The zero-order valence-corrected chi connectivity index (χ0v) is 17.2. The Kier molecular flexibility index (Phi) is 6.28. The SMILES string of the molecule is C/C(=N/Nc1ccc([N+](=O)[O-])cc1S(=O)(=O)Nc1ccc(Cl)cc1)c1ccncc1. The number of pyridine rings is 1. The molecule has 2 N–H and O–H groups in total. The maximum atomic E-state index is 12.9. The molecule has 0 saturated heterocycles. The van der Waals surface area contributed by atoms with Gasteiger partial charge in [-0.05, 0) is 49.4 Å². The summed E-state index contributed by atoms with van der Waals surface area (Å²) in [4.78, 5) is 14.1. The van der Waals surface area contributed by atoms with E-state index >= 15 is 0 Å². The standard InChI is InChI=1S/C19H16ClN5O4S/c1-13(14-8-10-21-11-9-14)22-23-18-7-6-17(25(26)27)12-19(18)30(28,29)24-16-4-2-15(20)3-5-16/h2-12,23-24H,1H3/b22-13-. The van der Waals surface area contributed by atoms with Gasteiger partial charge in [-0.3, -0.25) is 25.2 Å². The van der Waals surface area contributed by atoms with Gasteiger partial charge in [-0.2, -0.15) is 5.10 Å². The fourth-order valence-corrected chi connectivity index (χ4v) is 3.83. The lowest BCUT2D eigenvalue weighted by atomic mass is 10.2. The number of halogens is 1. The number of hydrogen-bond acceptors (Lipinski definition) is 7. The number of nitro groups is 1. The zero-order valence-electron chi connectivity index (χ0n) is 15.6. The van der Waals surface area contributed by atoms with Gasteiger partial charge >= 0.3 is 0 Å². The van der Waals surface area contributed by atoms with Crippen LogP contribution in [0.15, 0.2) is 77.0 Å². The molecule has 0 saturated carbocycles. The summed E-state index contributed by atoms with van der Waals surface area (Å²) in [5.74, 6) is 0. The third-order valence-electron chi connectivity index (χ3n) is 4.00. The Hall–Kier alpha value is -3.50. The molecule has 0 aliphatic heterocycles. The fourth-order valence-electron chi connectivity index (χ4n) is 2.47. The van der Waals surface area contributed by atoms with E-state index in [0.29, 0.717) is 10.7 Å². The minimum Gasteiger partial charge on any atom is -0.280 e. The molecule has 0 radical (unpaired) electrons. The van der Waals surface area contributed by atoms with Gasteiger partial charge in [-0.15, -0.1) is 0 Å². The molecule has 0 aliphatic rings. The molecule has 0 amide bonds. The first-order valence-corrected chi connectivity index (χ1v) is 10.4. The maximum absolute atomic E-state index is 12.9. The summed E-state index contributed by atoms with van der Waals surface area (Å²) in [6, 6.07) is 13.0. The second-order valence-electron chi connectivity index (χ2n) is 6.09. The van der Waals surface area contributed by atoms with E-state index in [4.69, 9.17) is 11.6 Å². The third-order valence-corrected chi connectivity index (χ3v) is 5.68. The summed E-state index contributed by atoms with van der Waals surface area (Å²) in [5.41, 5.74) is 4.01. The van der Waals surface area contributed by atoms with Crippen molar-refractivity contribution in [2.45, 2.75) is 11.8 Å². The van der Waals surface area contributed by atoms with Gasteiger partial charge in [0.2, 0.25) is 0 Å². The quantitative estimate of drug-likeness (QED) is 0.317. The van der Waals surface area contributed by atoms with E-state index < -0.39 is 14.9 Å². The van der Waals surface area contributed by atoms with Gasteiger partial charge < -0.3 is 0 Å². The van der Waals surface area contributed by atoms with Gasteiger partial charge in [0.1, 0.15) is 4.90 Å². The zero-order chi connectivity index (χ0) is 21.7. The summed E-state index contributed by atoms with van der Waals surface area (Å²) in [7, 11) is -4.16. The van der Waals surface area contributed by atoms with Crippen LogP contribution >= 0.6 is 11.6 Å². The number of hydrogen-bond donors (Lipinski definition) is 2. The highest BCUT2D eigenvalue weighted by atomic mass is 35.5. The molecule has 1 heterocycles. The molecular formula is C19H16ClN5O4S. The van der Waals surface area contributed by atoms with Crippen molar-refractivity contribution in [2.24, 2.45) is 5.10 Å². The number of benzene rings is 2. The number of sulfonamides is 1. The molecule has 2 aromatic carbocycles. The summed E-state index contributed by atoms with van der Waals surface area (Å²) >= 11 is 5.82. The van der Waals surface area contributed by atoms with Crippen LogP contribution in [0.4, 0.5) is 17.1 Å². The molecule has 0 fully saturated rings. The molecule has 154 valence electrons. The average Bonchev–Trinajstić information content (AvgIpc) is 2.74. The number of rotatable bonds is 7. The van der Waals surface area contributed by atoms with E-state index in [9.17, 15) is 18.5 Å². The van der Waals surface area contributed by atoms with E-state index in [1.165, 1.54) is 36.4 Å². The monoisotopic (exact) mass is 445 g/mol. The van der Waals surface area contributed by atoms with Crippen LogP contribution in [0.2, 0.25) is 5.02 Å². The molecule has 0 bridgehead atoms. The van der Waals surface area contributed by atoms with E-state index in [-0.39, 0.29) is 22.0 Å². The molecule has 0 spiro atoms. The van der Waals surface area contributed by atoms with Crippen LogP contribution < -0.4 is 10.1 Å². The van der Waals surface area contributed by atoms with Crippen molar-refractivity contribution in [3.05, 3.63) is 87.7 Å². The molecule has 30 heavy (non-hydrogen) atoms. The Morgan fingerprint density at radius 1 is 1.10 bits per heavy atom. The van der Waals surface area contributed by atoms with Crippen molar-refractivity contribution in [1.82, 2.24) is 4.98 Å². The number of nitro benzene ring substituents is 1. The molecule has 0 aliphatic carbocycles. The Labute approximate surface area is 177 Å². The van der Waals surface area contributed by atoms with Crippen LogP contribution in [0.3, 0.4) is 0 Å². The van der Waals surface area contributed by atoms with Crippen molar-refractivity contribution in [3.63, 3.8) is 0 Å². The lowest BCUT2D eigenvalue weighted by molar-refractivity contribution is -0.385. The molecule has 0 atom stereocenters. The number of anilines is 2. The Morgan fingerprint density at radius 3 is 2.40 bits per heavy atom. The van der Waals surface area contributed by atoms with Gasteiger partial charge in [0.15, 0.2) is 0 Å². The number of nitrogens with one attached hydrogen (secondary N) is 2. The molecule has 0 unspecified atom stereocenters. The number of aromatic nitrogens is 1. The predicted octanol–water partition coefficient (Wildman–Crippen LogP) is 4.28. The van der Waals surface area contributed by atoms with Gasteiger partial charge in [0.25, 0.3) is 15.7 Å². The lowest BCUT2D eigenvalue weighted by Crippen LogP contribution is -2.15. The molecular weight excluding hydrogens is 430 g/mol. The van der Waals surface area contributed by atoms with Crippen LogP contribution in [0.25, 0.3) is 0 Å². The molecule has 11 heteroatoms. The van der Waals surface area contributed by atoms with E-state index in [2.05, 4.69) is 20.2 Å². The predicted molar refractivity (Wildman–Crippen MR) is 115 cm³/mol. The second kappa shape index (κ2) is 8.89. The normalized spacial score (nSPS) is 11.7. The highest BCUT2D eigenvalue weighted by Crippen LogP contribution is 2.28. The molecule has 3 rings (SSSR count). The van der Waals surface area contributed by atoms with Gasteiger partial charge in [0.05, 0.1) is 16.3 Å². The average molecular weight is 446 g/mol. The van der Waals surface area contributed by atoms with Gasteiger partial charge in [0, 0.05) is 40.8 Å². The van der Waals surface area contributed by atoms with Gasteiger partial charge in [-0.1, -0.05) is 11.6 Å². The van der Waals surface area contributed by atoms with Crippen LogP contribution in [0, 0.1) is 10.1 Å². The minimum absolute atomic E-state index is 0.0791. The third kappa shape index (κ3) is 5.10. The summed E-state index contributed by atoms with van der Waals surface area (Å²) < 4.78 is 28.2. The smallest absolute Gasteiger partial charge is 0.270 e. The van der Waals surface area contributed by atoms with Crippen molar-refractivity contribution < 1.29 is 13.3 Å². The topological polar surface area (TPSA) is 127 Å². The molecule has 3 aromatic rings. The largest absolute Gasteiger partial charge is 0.280 e. The Balaban J connectivity index is 1.97. The number of non-ortho nitro benzene ring substituents is 1. The Morgan fingerprint density at radius 2 is 1.77 bits per heavy atom. The first-order valence-electron chi connectivity index (χ1n) is 8.54. The molecule has 1 aromatic heterocycles. The highest BCUT2D eigenvalue weighted by molar-refractivity contribution is 7.92. The van der Waals surface area contributed by atoms with Crippen molar-refractivity contribution in [1.29, 1.82) is 0 Å². The number of nitrogens with zero attached hydrogens (tertiary/aromatic N) is 3. The van der Waals surface area contributed by atoms with Crippen LogP contribution in [0.5, 0.6) is 0 Å². The van der Waals surface area contributed by atoms with Crippen molar-refractivity contribution >= 4 is 44.4 Å². The van der Waals surface area contributed by atoms with Gasteiger partial charge in [-0.25, -0.2) is 8.42 Å². The van der Waals surface area contributed by atoms with E-state index in [1.807, 2.05) is 0 Å². The molecule has 9 nitrogen and oxygen atoms in total. The van der Waals surface area contributed by atoms with Crippen LogP contribution in [-0.2, 0) is 10.0 Å². The van der Waals surface area contributed by atoms with Crippen LogP contribution in [-0.4, -0.2) is 24.0 Å². The number of hydrazone groups is 1. The first-order chi connectivity index (χ1) is 14.3. The Bertz CT molecular complexity index is 1200. The van der Waals surface area contributed by atoms with Crippen molar-refractivity contribution in [2.75, 3.05) is 10.1 Å². The summed E-state index contributed by atoms with van der Waals surface area (Å²) in [6.07, 6.45) is 3.21. The van der Waals surface area contributed by atoms with E-state index in [1.54, 1.807) is 31.5 Å². The summed E-state index contributed by atoms with van der Waals surface area (Å²) in [6.45, 7) is 1.73. The van der Waals surface area contributed by atoms with Crippen molar-refractivity contribution in [3.8, 4) is 0 Å². The maximum Gasteiger partial charge on any atom is 0.270 e. The van der Waals surface area contributed by atoms with E-state index in [0.717, 1.165) is 11.6 Å². The lowest BCUT2D eigenvalue weighted by Gasteiger charge is -2.12.